The van der Waals surface area contributed by atoms with Crippen molar-refractivity contribution in [3.05, 3.63) is 85.5 Å². The van der Waals surface area contributed by atoms with E-state index in [4.69, 9.17) is 11.5 Å². The zero-order valence-electron chi connectivity index (χ0n) is 25.9. The van der Waals surface area contributed by atoms with Crippen molar-refractivity contribution in [1.29, 1.82) is 0 Å². The lowest BCUT2D eigenvalue weighted by Crippen LogP contribution is -2.41. The number of thiophene rings is 1. The zero-order valence-corrected chi connectivity index (χ0v) is 26.8. The van der Waals surface area contributed by atoms with Gasteiger partial charge >= 0.3 is 11.4 Å². The molecular weight excluding hydrogens is 602 g/mol. The molecule has 0 bridgehead atoms. The van der Waals surface area contributed by atoms with E-state index in [0.717, 1.165) is 35.3 Å². The van der Waals surface area contributed by atoms with Gasteiger partial charge in [0, 0.05) is 53.9 Å². The van der Waals surface area contributed by atoms with Gasteiger partial charge in [0.1, 0.15) is 11.4 Å². The molecule has 0 spiro atoms. The summed E-state index contributed by atoms with van der Waals surface area (Å²) in [6.07, 6.45) is 7.17. The first-order chi connectivity index (χ1) is 22.1. The number of aromatic amines is 1. The molecule has 1 aliphatic heterocycles. The molecule has 2 aliphatic rings. The number of piperidine rings is 1. The first-order valence-corrected chi connectivity index (χ1v) is 16.3. The standard InChI is InChI=1S/C34H37N7O4S/c1-19-23(7-5-8-26(19)39-32(43)29-16-21-6-3-4-9-28(21)46-29)27-18-40(2)34(45)31(38-27)37-22-10-11-24(25(35)17-22)33(44)41-14-12-20(13-15-41)30(36)42/h5,7-8,10-11,16-18,20H,3-4,6,9,12-15,35H2,1-2H3,(H2,36,42)(H,37,38)(H,39,43)/p+1. The van der Waals surface area contributed by atoms with Crippen molar-refractivity contribution in [2.45, 2.75) is 45.4 Å². The number of nitrogens with zero attached hydrogens (tertiary/aromatic N) is 2. The number of primary amides is 1. The molecule has 2 aromatic heterocycles. The minimum absolute atomic E-state index is 0.124. The SMILES string of the molecule is Cc1c(NC(=O)c2cc3c(s2)CCCC3)cccc1-c1cn(C)c(=O)c(Nc2ccc(C(=O)N3CCC(C(N)=O)CC3)c(N)c2)[nH+]1. The van der Waals surface area contributed by atoms with Crippen LogP contribution in [0.15, 0.2) is 53.5 Å². The summed E-state index contributed by atoms with van der Waals surface area (Å²) in [5, 5.41) is 6.21. The van der Waals surface area contributed by atoms with E-state index in [-0.39, 0.29) is 40.7 Å². The lowest BCUT2D eigenvalue weighted by atomic mass is 9.95. The smallest absolute Gasteiger partial charge is 0.344 e. The van der Waals surface area contributed by atoms with E-state index < -0.39 is 0 Å². The second kappa shape index (κ2) is 12.8. The molecule has 0 saturated carbocycles. The number of aromatic nitrogens is 2. The molecule has 238 valence electrons. The summed E-state index contributed by atoms with van der Waals surface area (Å²) in [5.41, 5.74) is 16.9. The van der Waals surface area contributed by atoms with E-state index in [2.05, 4.69) is 15.6 Å². The number of likely N-dealkylation sites (tertiary alicyclic amines) is 1. The maximum Gasteiger partial charge on any atom is 0.344 e. The Morgan fingerprint density at radius 3 is 2.52 bits per heavy atom. The molecule has 11 nitrogen and oxygen atoms in total. The summed E-state index contributed by atoms with van der Waals surface area (Å²) in [6, 6.07) is 12.6. The quantitative estimate of drug-likeness (QED) is 0.223. The number of hydrogen-bond donors (Lipinski definition) is 4. The van der Waals surface area contributed by atoms with Gasteiger partial charge in [0.25, 0.3) is 11.8 Å². The average Bonchev–Trinajstić information content (AvgIpc) is 3.49. The molecule has 0 unspecified atom stereocenters. The summed E-state index contributed by atoms with van der Waals surface area (Å²) in [4.78, 5) is 57.9. The highest BCUT2D eigenvalue weighted by molar-refractivity contribution is 7.14. The molecular formula is C34H38N7O4S+. The number of aryl methyl sites for hydroxylation is 3. The summed E-state index contributed by atoms with van der Waals surface area (Å²) in [5.74, 6) is -0.677. The highest BCUT2D eigenvalue weighted by Gasteiger charge is 2.28. The van der Waals surface area contributed by atoms with Crippen molar-refractivity contribution >= 4 is 51.9 Å². The van der Waals surface area contributed by atoms with Gasteiger partial charge in [-0.3, -0.25) is 19.2 Å². The number of rotatable bonds is 7. The Hall–Kier alpha value is -4.97. The van der Waals surface area contributed by atoms with Gasteiger partial charge in [-0.05, 0) is 80.8 Å². The van der Waals surface area contributed by atoms with Crippen molar-refractivity contribution in [3.8, 4) is 11.3 Å². The van der Waals surface area contributed by atoms with Crippen LogP contribution in [0.2, 0.25) is 0 Å². The molecule has 6 rings (SSSR count). The van der Waals surface area contributed by atoms with E-state index in [0.29, 0.717) is 48.6 Å². The molecule has 3 amide bonds. The fraction of sp³-hybridized carbons (Fsp3) is 0.324. The summed E-state index contributed by atoms with van der Waals surface area (Å²) in [7, 11) is 1.67. The van der Waals surface area contributed by atoms with Crippen molar-refractivity contribution < 1.29 is 19.4 Å². The molecule has 1 saturated heterocycles. The third-order valence-corrected chi connectivity index (χ3v) is 10.2. The number of anilines is 4. The number of amides is 3. The number of carbonyl (C=O) groups is 3. The van der Waals surface area contributed by atoms with Crippen molar-refractivity contribution in [1.82, 2.24) is 9.47 Å². The molecule has 4 aromatic rings. The number of H-pyrrole nitrogens is 1. The average molecular weight is 641 g/mol. The first-order valence-electron chi connectivity index (χ1n) is 15.5. The normalized spacial score (nSPS) is 14.9. The molecule has 2 aromatic carbocycles. The van der Waals surface area contributed by atoms with Gasteiger partial charge in [-0.25, -0.2) is 10.3 Å². The van der Waals surface area contributed by atoms with Crippen LogP contribution in [0.3, 0.4) is 0 Å². The van der Waals surface area contributed by atoms with Crippen LogP contribution in [0.1, 0.15) is 61.7 Å². The molecule has 3 heterocycles. The van der Waals surface area contributed by atoms with Crippen LogP contribution in [0, 0.1) is 12.8 Å². The first kappa shape index (κ1) is 31.0. The number of nitrogens with one attached hydrogen (secondary N) is 3. The molecule has 1 fully saturated rings. The van der Waals surface area contributed by atoms with Gasteiger partial charge < -0.3 is 26.3 Å². The molecule has 0 atom stereocenters. The van der Waals surface area contributed by atoms with Crippen LogP contribution < -0.4 is 32.6 Å². The lowest BCUT2D eigenvalue weighted by Gasteiger charge is -2.30. The van der Waals surface area contributed by atoms with E-state index in [1.54, 1.807) is 47.7 Å². The van der Waals surface area contributed by atoms with Crippen molar-refractivity contribution in [2.24, 2.45) is 18.7 Å². The Kier molecular flexibility index (Phi) is 8.63. The van der Waals surface area contributed by atoms with Gasteiger partial charge in [0.2, 0.25) is 5.91 Å². The maximum atomic E-state index is 13.2. The van der Waals surface area contributed by atoms with Crippen LogP contribution in [0.25, 0.3) is 11.3 Å². The third kappa shape index (κ3) is 6.25. The molecule has 1 aliphatic carbocycles. The van der Waals surface area contributed by atoms with Crippen LogP contribution in [0.5, 0.6) is 0 Å². The van der Waals surface area contributed by atoms with Crippen LogP contribution in [0.4, 0.5) is 22.9 Å². The molecule has 7 N–H and O–H groups in total. The monoisotopic (exact) mass is 640 g/mol. The zero-order chi connectivity index (χ0) is 32.5. The van der Waals surface area contributed by atoms with Gasteiger partial charge in [-0.2, -0.15) is 0 Å². The van der Waals surface area contributed by atoms with E-state index in [9.17, 15) is 19.2 Å². The second-order valence-corrected chi connectivity index (χ2v) is 13.2. The van der Waals surface area contributed by atoms with Crippen LogP contribution >= 0.6 is 11.3 Å². The van der Waals surface area contributed by atoms with Crippen molar-refractivity contribution in [2.75, 3.05) is 29.5 Å². The summed E-state index contributed by atoms with van der Waals surface area (Å²) in [6.45, 7) is 2.80. The van der Waals surface area contributed by atoms with Crippen LogP contribution in [-0.2, 0) is 24.7 Å². The minimum Gasteiger partial charge on any atom is -0.398 e. The predicted molar refractivity (Wildman–Crippen MR) is 179 cm³/mol. The number of carbonyl (C=O) groups excluding carboxylic acids is 3. The fourth-order valence-corrected chi connectivity index (χ4v) is 7.39. The highest BCUT2D eigenvalue weighted by atomic mass is 32.1. The lowest BCUT2D eigenvalue weighted by molar-refractivity contribution is -0.349. The number of fused-ring (bicyclic) bond motifs is 1. The summed E-state index contributed by atoms with van der Waals surface area (Å²) >= 11 is 1.58. The summed E-state index contributed by atoms with van der Waals surface area (Å²) < 4.78 is 1.48. The Morgan fingerprint density at radius 2 is 1.80 bits per heavy atom. The molecule has 12 heteroatoms. The number of benzene rings is 2. The molecule has 46 heavy (non-hydrogen) atoms. The number of hydrogen-bond acceptors (Lipinski definition) is 7. The third-order valence-electron chi connectivity index (χ3n) is 8.95. The molecule has 0 radical (unpaired) electrons. The van der Waals surface area contributed by atoms with Gasteiger partial charge in [0.15, 0.2) is 0 Å². The number of nitrogens with two attached hydrogens (primary N) is 2. The largest absolute Gasteiger partial charge is 0.398 e. The Morgan fingerprint density at radius 1 is 1.04 bits per heavy atom. The Labute approximate surface area is 270 Å². The Balaban J connectivity index is 1.20. The predicted octanol–water partition coefficient (Wildman–Crippen LogP) is 4.03. The Bertz CT molecular complexity index is 1880. The second-order valence-electron chi connectivity index (χ2n) is 12.1. The van der Waals surface area contributed by atoms with E-state index in [1.165, 1.54) is 21.4 Å². The minimum atomic E-state index is -0.337. The fourth-order valence-electron chi connectivity index (χ4n) is 6.24. The van der Waals surface area contributed by atoms with Gasteiger partial charge in [-0.1, -0.05) is 12.1 Å². The van der Waals surface area contributed by atoms with E-state index in [1.807, 2.05) is 31.2 Å². The highest BCUT2D eigenvalue weighted by Crippen LogP contribution is 2.32. The van der Waals surface area contributed by atoms with E-state index >= 15 is 0 Å². The topological polar surface area (TPSA) is 167 Å². The number of nitrogen functional groups attached to an aromatic ring is 1. The van der Waals surface area contributed by atoms with Gasteiger partial charge in [-0.15, -0.1) is 11.3 Å². The van der Waals surface area contributed by atoms with Gasteiger partial charge in [0.05, 0.1) is 16.6 Å². The van der Waals surface area contributed by atoms with Crippen LogP contribution in [-0.4, -0.2) is 40.3 Å². The van der Waals surface area contributed by atoms with Crippen molar-refractivity contribution in [3.63, 3.8) is 0 Å². The maximum absolute atomic E-state index is 13.2.